The molecule has 2 aromatic rings. The number of nitrogens with two attached hydrogens (primary N) is 1. The van der Waals surface area contributed by atoms with Gasteiger partial charge in [0.05, 0.1) is 24.5 Å². The number of pyridine rings is 1. The van der Waals surface area contributed by atoms with Crippen molar-refractivity contribution in [2.75, 3.05) is 12.8 Å². The number of hydrogen-bond acceptors (Lipinski definition) is 3. The highest BCUT2D eigenvalue weighted by Gasteiger charge is 2.05. The first-order valence-electron chi connectivity index (χ1n) is 4.09. The number of halogens is 1. The van der Waals surface area contributed by atoms with Gasteiger partial charge in [0.2, 0.25) is 0 Å². The van der Waals surface area contributed by atoms with Gasteiger partial charge in [-0.3, -0.25) is 4.98 Å². The fourth-order valence-corrected chi connectivity index (χ4v) is 1.35. The quantitative estimate of drug-likeness (QED) is 0.751. The van der Waals surface area contributed by atoms with Gasteiger partial charge >= 0.3 is 0 Å². The van der Waals surface area contributed by atoms with E-state index in [1.807, 2.05) is 0 Å². The predicted molar refractivity (Wildman–Crippen MR) is 52.7 cm³/mol. The highest BCUT2D eigenvalue weighted by molar-refractivity contribution is 5.87. The summed E-state index contributed by atoms with van der Waals surface area (Å²) in [6.45, 7) is 0. The van der Waals surface area contributed by atoms with Gasteiger partial charge < -0.3 is 10.5 Å². The minimum Gasteiger partial charge on any atom is -0.496 e. The van der Waals surface area contributed by atoms with Crippen LogP contribution < -0.4 is 10.5 Å². The van der Waals surface area contributed by atoms with E-state index in [0.29, 0.717) is 22.3 Å². The van der Waals surface area contributed by atoms with Gasteiger partial charge in [0.25, 0.3) is 0 Å². The molecule has 1 heterocycles. The Bertz CT molecular complexity index is 485. The van der Waals surface area contributed by atoms with Crippen molar-refractivity contribution in [3.05, 3.63) is 30.2 Å². The number of anilines is 1. The molecule has 0 aliphatic carbocycles. The van der Waals surface area contributed by atoms with Crippen molar-refractivity contribution in [2.24, 2.45) is 0 Å². The maximum atomic E-state index is 13.0. The summed E-state index contributed by atoms with van der Waals surface area (Å²) in [7, 11) is 1.48. The summed E-state index contributed by atoms with van der Waals surface area (Å²) in [5.74, 6) is 0.0754. The lowest BCUT2D eigenvalue weighted by Crippen LogP contribution is -1.91. The second-order valence-corrected chi connectivity index (χ2v) is 2.94. The van der Waals surface area contributed by atoms with Crippen LogP contribution >= 0.6 is 0 Å². The van der Waals surface area contributed by atoms with Crippen LogP contribution in [0.4, 0.5) is 10.1 Å². The van der Waals surface area contributed by atoms with E-state index >= 15 is 0 Å². The molecule has 2 rings (SSSR count). The Morgan fingerprint density at radius 2 is 2.14 bits per heavy atom. The summed E-state index contributed by atoms with van der Waals surface area (Å²) in [5, 5.41) is 0.717. The van der Waals surface area contributed by atoms with Crippen molar-refractivity contribution in [3.8, 4) is 5.75 Å². The zero-order valence-corrected chi connectivity index (χ0v) is 7.62. The van der Waals surface area contributed by atoms with Crippen molar-refractivity contribution < 1.29 is 9.13 Å². The van der Waals surface area contributed by atoms with Crippen LogP contribution in [-0.2, 0) is 0 Å². The number of nitrogens with zero attached hydrogens (tertiary/aromatic N) is 1. The van der Waals surface area contributed by atoms with Crippen LogP contribution in [0.5, 0.6) is 5.75 Å². The minimum absolute atomic E-state index is 0.369. The molecular formula is C10H9FN2O. The third-order valence-corrected chi connectivity index (χ3v) is 1.97. The van der Waals surface area contributed by atoms with Crippen LogP contribution in [0.25, 0.3) is 10.9 Å². The molecule has 1 aromatic carbocycles. The SMILES string of the molecule is COc1cc(F)cc2ncc(N)cc12. The molecule has 0 unspecified atom stereocenters. The molecule has 0 saturated carbocycles. The first-order valence-corrected chi connectivity index (χ1v) is 4.09. The second-order valence-electron chi connectivity index (χ2n) is 2.94. The first-order chi connectivity index (χ1) is 6.70. The number of fused-ring (bicyclic) bond motifs is 1. The maximum Gasteiger partial charge on any atom is 0.131 e. The van der Waals surface area contributed by atoms with Crippen molar-refractivity contribution in [1.82, 2.24) is 4.98 Å². The molecule has 0 fully saturated rings. The summed E-state index contributed by atoms with van der Waals surface area (Å²) in [6, 6.07) is 4.36. The highest BCUT2D eigenvalue weighted by Crippen LogP contribution is 2.26. The third-order valence-electron chi connectivity index (χ3n) is 1.97. The molecule has 0 atom stereocenters. The highest BCUT2D eigenvalue weighted by atomic mass is 19.1. The van der Waals surface area contributed by atoms with Crippen LogP contribution in [-0.4, -0.2) is 12.1 Å². The summed E-state index contributed by atoms with van der Waals surface area (Å²) >= 11 is 0. The Balaban J connectivity index is 2.81. The van der Waals surface area contributed by atoms with Gasteiger partial charge in [0.15, 0.2) is 0 Å². The topological polar surface area (TPSA) is 48.1 Å². The second kappa shape index (κ2) is 3.14. The Kier molecular flexibility index (Phi) is 1.96. The molecule has 1 aromatic heterocycles. The normalized spacial score (nSPS) is 10.4. The van der Waals surface area contributed by atoms with E-state index in [-0.39, 0.29) is 5.82 Å². The lowest BCUT2D eigenvalue weighted by atomic mass is 10.2. The fraction of sp³-hybridized carbons (Fsp3) is 0.100. The number of aromatic nitrogens is 1. The Hall–Kier alpha value is -1.84. The van der Waals surface area contributed by atoms with Gasteiger partial charge in [-0.15, -0.1) is 0 Å². The van der Waals surface area contributed by atoms with Crippen LogP contribution in [0.2, 0.25) is 0 Å². The van der Waals surface area contributed by atoms with Gasteiger partial charge in [-0.2, -0.15) is 0 Å². The summed E-state index contributed by atoms with van der Waals surface area (Å²) in [5.41, 5.74) is 6.64. The fourth-order valence-electron chi connectivity index (χ4n) is 1.35. The van der Waals surface area contributed by atoms with Gasteiger partial charge in [0, 0.05) is 17.5 Å². The van der Waals surface area contributed by atoms with E-state index in [1.165, 1.54) is 25.4 Å². The maximum absolute atomic E-state index is 13.0. The third kappa shape index (κ3) is 1.35. The molecule has 0 saturated heterocycles. The lowest BCUT2D eigenvalue weighted by molar-refractivity contribution is 0.416. The van der Waals surface area contributed by atoms with Crippen molar-refractivity contribution in [3.63, 3.8) is 0 Å². The molecule has 14 heavy (non-hydrogen) atoms. The van der Waals surface area contributed by atoms with Crippen LogP contribution in [0, 0.1) is 5.82 Å². The van der Waals surface area contributed by atoms with Crippen molar-refractivity contribution in [2.45, 2.75) is 0 Å². The number of methoxy groups -OCH3 is 1. The Morgan fingerprint density at radius 3 is 2.86 bits per heavy atom. The first kappa shape index (κ1) is 8.74. The monoisotopic (exact) mass is 192 g/mol. The standard InChI is InChI=1S/C10H9FN2O/c1-14-10-3-6(11)2-9-8(10)4-7(12)5-13-9/h2-5H,12H2,1H3. The molecule has 0 spiro atoms. The smallest absolute Gasteiger partial charge is 0.131 e. The average Bonchev–Trinajstić information content (AvgIpc) is 2.17. The molecule has 0 bridgehead atoms. The van der Waals surface area contributed by atoms with Gasteiger partial charge in [0.1, 0.15) is 11.6 Å². The number of ether oxygens (including phenoxy) is 1. The molecule has 72 valence electrons. The summed E-state index contributed by atoms with van der Waals surface area (Å²) < 4.78 is 18.1. The summed E-state index contributed by atoms with van der Waals surface area (Å²) in [4.78, 5) is 4.01. The molecular weight excluding hydrogens is 183 g/mol. The Labute approximate surface area is 80.3 Å². The largest absolute Gasteiger partial charge is 0.496 e. The number of benzene rings is 1. The van der Waals surface area contributed by atoms with E-state index in [0.717, 1.165) is 0 Å². The average molecular weight is 192 g/mol. The molecule has 0 aliphatic heterocycles. The van der Waals surface area contributed by atoms with E-state index in [4.69, 9.17) is 10.5 Å². The predicted octanol–water partition coefficient (Wildman–Crippen LogP) is 1.96. The molecule has 3 nitrogen and oxygen atoms in total. The molecule has 2 N–H and O–H groups in total. The van der Waals surface area contributed by atoms with Gasteiger partial charge in [-0.1, -0.05) is 0 Å². The molecule has 4 heteroatoms. The van der Waals surface area contributed by atoms with E-state index < -0.39 is 0 Å². The Morgan fingerprint density at radius 1 is 1.36 bits per heavy atom. The lowest BCUT2D eigenvalue weighted by Gasteiger charge is -2.05. The van der Waals surface area contributed by atoms with Crippen LogP contribution in [0.15, 0.2) is 24.4 Å². The van der Waals surface area contributed by atoms with Crippen LogP contribution in [0.3, 0.4) is 0 Å². The zero-order valence-electron chi connectivity index (χ0n) is 7.62. The zero-order chi connectivity index (χ0) is 10.1. The van der Waals surface area contributed by atoms with E-state index in [1.54, 1.807) is 6.07 Å². The number of rotatable bonds is 1. The van der Waals surface area contributed by atoms with Crippen molar-refractivity contribution in [1.29, 1.82) is 0 Å². The molecule has 0 aliphatic rings. The van der Waals surface area contributed by atoms with Gasteiger partial charge in [-0.25, -0.2) is 4.39 Å². The van der Waals surface area contributed by atoms with Crippen LogP contribution in [0.1, 0.15) is 0 Å². The molecule has 0 amide bonds. The van der Waals surface area contributed by atoms with E-state index in [9.17, 15) is 4.39 Å². The van der Waals surface area contributed by atoms with E-state index in [2.05, 4.69) is 4.98 Å². The summed E-state index contributed by atoms with van der Waals surface area (Å²) in [6.07, 6.45) is 1.49. The number of hydrogen-bond donors (Lipinski definition) is 1. The molecule has 0 radical (unpaired) electrons. The van der Waals surface area contributed by atoms with Gasteiger partial charge in [-0.05, 0) is 6.07 Å². The number of nitrogen functional groups attached to an aromatic ring is 1. The minimum atomic E-state index is -0.369. The van der Waals surface area contributed by atoms with Crippen molar-refractivity contribution >= 4 is 16.6 Å².